The van der Waals surface area contributed by atoms with Gasteiger partial charge in [-0.1, -0.05) is 25.7 Å². The predicted octanol–water partition coefficient (Wildman–Crippen LogP) is 2.62. The Morgan fingerprint density at radius 3 is 2.71 bits per heavy atom. The zero-order valence-electron chi connectivity index (χ0n) is 11.1. The topological polar surface area (TPSA) is 49.3 Å². The molecule has 1 unspecified atom stereocenters. The van der Waals surface area contributed by atoms with E-state index in [1.54, 1.807) is 0 Å². The van der Waals surface area contributed by atoms with E-state index in [4.69, 9.17) is 5.11 Å². The standard InChI is InChI=1S/C14H27NO2/c1-12(6-5-11-16)15-14(17)10-4-9-13-7-2-3-8-13/h12-13,16H,2-11H2,1H3,(H,15,17). The van der Waals surface area contributed by atoms with Crippen LogP contribution in [0.2, 0.25) is 0 Å². The molecule has 1 amide bonds. The Morgan fingerprint density at radius 1 is 1.35 bits per heavy atom. The van der Waals surface area contributed by atoms with Crippen molar-refractivity contribution < 1.29 is 9.90 Å². The van der Waals surface area contributed by atoms with Crippen LogP contribution < -0.4 is 5.32 Å². The largest absolute Gasteiger partial charge is 0.396 e. The molecule has 1 atom stereocenters. The number of aliphatic hydroxyl groups is 1. The minimum Gasteiger partial charge on any atom is -0.396 e. The maximum absolute atomic E-state index is 11.6. The van der Waals surface area contributed by atoms with Crippen LogP contribution in [0.5, 0.6) is 0 Å². The molecular formula is C14H27NO2. The molecule has 1 aliphatic carbocycles. The summed E-state index contributed by atoms with van der Waals surface area (Å²) < 4.78 is 0. The highest BCUT2D eigenvalue weighted by molar-refractivity contribution is 5.76. The molecule has 0 bridgehead atoms. The van der Waals surface area contributed by atoms with E-state index < -0.39 is 0 Å². The Morgan fingerprint density at radius 2 is 2.06 bits per heavy atom. The molecule has 17 heavy (non-hydrogen) atoms. The van der Waals surface area contributed by atoms with Gasteiger partial charge in [0.25, 0.3) is 0 Å². The van der Waals surface area contributed by atoms with E-state index in [9.17, 15) is 4.79 Å². The van der Waals surface area contributed by atoms with Gasteiger partial charge in [0.1, 0.15) is 0 Å². The molecule has 3 heteroatoms. The van der Waals surface area contributed by atoms with Gasteiger partial charge in [-0.15, -0.1) is 0 Å². The van der Waals surface area contributed by atoms with Gasteiger partial charge in [-0.3, -0.25) is 4.79 Å². The van der Waals surface area contributed by atoms with Crippen LogP contribution in [0.15, 0.2) is 0 Å². The number of carbonyl (C=O) groups excluding carboxylic acids is 1. The minimum atomic E-state index is 0.174. The van der Waals surface area contributed by atoms with Crippen molar-refractivity contribution in [3.05, 3.63) is 0 Å². The first-order valence-corrected chi connectivity index (χ1v) is 7.12. The number of carbonyl (C=O) groups is 1. The second-order valence-corrected chi connectivity index (χ2v) is 5.38. The molecule has 1 rings (SSSR count). The average Bonchev–Trinajstić information content (AvgIpc) is 2.79. The van der Waals surface area contributed by atoms with Crippen molar-refractivity contribution in [1.82, 2.24) is 5.32 Å². The Balaban J connectivity index is 2.00. The monoisotopic (exact) mass is 241 g/mol. The number of aliphatic hydroxyl groups excluding tert-OH is 1. The molecule has 0 saturated heterocycles. The van der Waals surface area contributed by atoms with Crippen molar-refractivity contribution in [3.8, 4) is 0 Å². The van der Waals surface area contributed by atoms with Gasteiger partial charge in [-0.2, -0.15) is 0 Å². The van der Waals surface area contributed by atoms with Gasteiger partial charge in [0.15, 0.2) is 0 Å². The lowest BCUT2D eigenvalue weighted by atomic mass is 10.0. The number of amides is 1. The maximum atomic E-state index is 11.6. The van der Waals surface area contributed by atoms with Gasteiger partial charge < -0.3 is 10.4 Å². The van der Waals surface area contributed by atoms with Crippen molar-refractivity contribution in [2.24, 2.45) is 5.92 Å². The molecule has 1 saturated carbocycles. The molecule has 0 aliphatic heterocycles. The molecule has 0 aromatic rings. The molecule has 2 N–H and O–H groups in total. The zero-order chi connectivity index (χ0) is 12.5. The number of hydrogen-bond donors (Lipinski definition) is 2. The Hall–Kier alpha value is -0.570. The SMILES string of the molecule is CC(CCCO)NC(=O)CCCC1CCCC1. The van der Waals surface area contributed by atoms with Crippen molar-refractivity contribution in [2.45, 2.75) is 70.8 Å². The lowest BCUT2D eigenvalue weighted by molar-refractivity contribution is -0.121. The van der Waals surface area contributed by atoms with Gasteiger partial charge in [0, 0.05) is 19.1 Å². The first-order valence-electron chi connectivity index (χ1n) is 7.12. The summed E-state index contributed by atoms with van der Waals surface area (Å²) in [6.07, 6.45) is 10.1. The predicted molar refractivity (Wildman–Crippen MR) is 69.7 cm³/mol. The van der Waals surface area contributed by atoms with Crippen LogP contribution in [-0.4, -0.2) is 23.7 Å². The summed E-state index contributed by atoms with van der Waals surface area (Å²) >= 11 is 0. The number of nitrogens with one attached hydrogen (secondary N) is 1. The van der Waals surface area contributed by atoms with Gasteiger partial charge in [0.2, 0.25) is 5.91 Å². The van der Waals surface area contributed by atoms with Gasteiger partial charge in [-0.25, -0.2) is 0 Å². The molecule has 3 nitrogen and oxygen atoms in total. The lowest BCUT2D eigenvalue weighted by Gasteiger charge is -2.13. The summed E-state index contributed by atoms with van der Waals surface area (Å²) in [5.74, 6) is 1.06. The van der Waals surface area contributed by atoms with Crippen molar-refractivity contribution in [3.63, 3.8) is 0 Å². The van der Waals surface area contributed by atoms with Crippen molar-refractivity contribution in [2.75, 3.05) is 6.61 Å². The van der Waals surface area contributed by atoms with E-state index in [0.29, 0.717) is 6.42 Å². The summed E-state index contributed by atoms with van der Waals surface area (Å²) in [4.78, 5) is 11.6. The fourth-order valence-corrected chi connectivity index (χ4v) is 2.67. The number of rotatable bonds is 8. The molecule has 0 heterocycles. The normalized spacial score (nSPS) is 18.2. The first-order chi connectivity index (χ1) is 8.22. The van der Waals surface area contributed by atoms with Crippen LogP contribution in [-0.2, 0) is 4.79 Å². The van der Waals surface area contributed by atoms with E-state index >= 15 is 0 Å². The fourth-order valence-electron chi connectivity index (χ4n) is 2.67. The zero-order valence-corrected chi connectivity index (χ0v) is 11.1. The molecule has 0 spiro atoms. The quantitative estimate of drug-likeness (QED) is 0.686. The summed E-state index contributed by atoms with van der Waals surface area (Å²) in [6, 6.07) is 0.195. The van der Waals surface area contributed by atoms with E-state index in [-0.39, 0.29) is 18.6 Å². The Bertz CT molecular complexity index is 212. The second kappa shape index (κ2) is 8.51. The lowest BCUT2D eigenvalue weighted by Crippen LogP contribution is -2.32. The van der Waals surface area contributed by atoms with E-state index in [1.165, 1.54) is 32.1 Å². The molecule has 0 radical (unpaired) electrons. The van der Waals surface area contributed by atoms with Crippen LogP contribution in [0.1, 0.15) is 64.7 Å². The molecule has 0 aromatic heterocycles. The highest BCUT2D eigenvalue weighted by Gasteiger charge is 2.15. The molecule has 1 aliphatic rings. The Labute approximate surface area is 105 Å². The summed E-state index contributed by atoms with van der Waals surface area (Å²) in [5, 5.41) is 11.7. The maximum Gasteiger partial charge on any atom is 0.220 e. The molecule has 0 aromatic carbocycles. The highest BCUT2D eigenvalue weighted by Crippen LogP contribution is 2.28. The molecule has 100 valence electrons. The average molecular weight is 241 g/mol. The van der Waals surface area contributed by atoms with Gasteiger partial charge in [0.05, 0.1) is 0 Å². The van der Waals surface area contributed by atoms with Gasteiger partial charge in [-0.05, 0) is 38.5 Å². The first kappa shape index (κ1) is 14.5. The minimum absolute atomic E-state index is 0.174. The van der Waals surface area contributed by atoms with E-state index in [0.717, 1.165) is 25.2 Å². The van der Waals surface area contributed by atoms with E-state index in [1.807, 2.05) is 6.92 Å². The second-order valence-electron chi connectivity index (χ2n) is 5.38. The molecular weight excluding hydrogens is 214 g/mol. The van der Waals surface area contributed by atoms with Crippen molar-refractivity contribution >= 4 is 5.91 Å². The third-order valence-corrected chi connectivity index (χ3v) is 3.69. The third kappa shape index (κ3) is 6.67. The van der Waals surface area contributed by atoms with Crippen LogP contribution in [0.4, 0.5) is 0 Å². The van der Waals surface area contributed by atoms with Crippen LogP contribution in [0, 0.1) is 5.92 Å². The highest BCUT2D eigenvalue weighted by atomic mass is 16.2. The van der Waals surface area contributed by atoms with E-state index in [2.05, 4.69) is 5.32 Å². The summed E-state index contributed by atoms with van der Waals surface area (Å²) in [5.41, 5.74) is 0. The number of hydrogen-bond acceptors (Lipinski definition) is 2. The van der Waals surface area contributed by atoms with Crippen LogP contribution in [0.25, 0.3) is 0 Å². The fraction of sp³-hybridized carbons (Fsp3) is 0.929. The smallest absolute Gasteiger partial charge is 0.220 e. The van der Waals surface area contributed by atoms with Crippen molar-refractivity contribution in [1.29, 1.82) is 0 Å². The molecule has 1 fully saturated rings. The third-order valence-electron chi connectivity index (χ3n) is 3.69. The van der Waals surface area contributed by atoms with Crippen LogP contribution in [0.3, 0.4) is 0 Å². The van der Waals surface area contributed by atoms with Crippen LogP contribution >= 0.6 is 0 Å². The summed E-state index contributed by atoms with van der Waals surface area (Å²) in [7, 11) is 0. The Kier molecular flexibility index (Phi) is 7.25. The summed E-state index contributed by atoms with van der Waals surface area (Å²) in [6.45, 7) is 2.21. The van der Waals surface area contributed by atoms with Gasteiger partial charge >= 0.3 is 0 Å².